The highest BCUT2D eigenvalue weighted by molar-refractivity contribution is 6.19. The Balaban J connectivity index is 1.06. The quantitative estimate of drug-likeness (QED) is 0.196. The van der Waals surface area contributed by atoms with Gasteiger partial charge in [-0.1, -0.05) is 133 Å². The van der Waals surface area contributed by atoms with Crippen molar-refractivity contribution in [2.24, 2.45) is 9.98 Å². The summed E-state index contributed by atoms with van der Waals surface area (Å²) in [6.45, 7) is 0. The van der Waals surface area contributed by atoms with Gasteiger partial charge in [-0.05, 0) is 71.3 Å². The number of para-hydroxylation sites is 4. The third kappa shape index (κ3) is 4.97. The molecule has 0 fully saturated rings. The molecule has 0 radical (unpaired) electrons. The molecule has 268 valence electrons. The van der Waals surface area contributed by atoms with Gasteiger partial charge in [-0.15, -0.1) is 0 Å². The molecule has 6 nitrogen and oxygen atoms in total. The number of aromatic nitrogens is 2. The summed E-state index contributed by atoms with van der Waals surface area (Å²) in [5.74, 6) is 1.38. The van der Waals surface area contributed by atoms with Gasteiger partial charge in [0.25, 0.3) is 0 Å². The third-order valence-corrected chi connectivity index (χ3v) is 11.4. The zero-order valence-electron chi connectivity index (χ0n) is 30.7. The van der Waals surface area contributed by atoms with Crippen LogP contribution in [0.2, 0.25) is 0 Å². The maximum absolute atomic E-state index is 6.30. The van der Waals surface area contributed by atoms with E-state index < -0.39 is 0 Å². The van der Waals surface area contributed by atoms with Crippen LogP contribution in [0.5, 0.6) is 0 Å². The van der Waals surface area contributed by atoms with Crippen molar-refractivity contribution in [2.75, 3.05) is 0 Å². The van der Waals surface area contributed by atoms with E-state index in [1.54, 1.807) is 0 Å². The average Bonchev–Trinajstić information content (AvgIpc) is 3.93. The summed E-state index contributed by atoms with van der Waals surface area (Å²) in [7, 11) is 0. The van der Waals surface area contributed by atoms with Gasteiger partial charge in [-0.3, -0.25) is 4.57 Å². The molecule has 1 unspecified atom stereocenters. The summed E-state index contributed by atoms with van der Waals surface area (Å²) in [6, 6.07) is 66.2. The Morgan fingerprint density at radius 2 is 0.947 bits per heavy atom. The highest BCUT2D eigenvalue weighted by atomic mass is 16.3. The summed E-state index contributed by atoms with van der Waals surface area (Å²) in [6.07, 6.45) is -0.362. The van der Waals surface area contributed by atoms with Crippen LogP contribution in [0.15, 0.2) is 202 Å². The second-order valence-corrected chi connectivity index (χ2v) is 14.7. The molecule has 1 aliphatic rings. The van der Waals surface area contributed by atoms with Crippen molar-refractivity contribution in [3.05, 3.63) is 199 Å². The van der Waals surface area contributed by atoms with Gasteiger partial charge in [0, 0.05) is 43.6 Å². The fraction of sp³-hybridized carbons (Fsp3) is 0.0196. The topological polar surface area (TPSA) is 59.8 Å². The van der Waals surface area contributed by atoms with Crippen molar-refractivity contribution in [3.63, 3.8) is 0 Å². The monoisotopic (exact) mass is 731 g/mol. The van der Waals surface area contributed by atoms with Gasteiger partial charge in [0.05, 0.1) is 22.1 Å². The van der Waals surface area contributed by atoms with E-state index in [-0.39, 0.29) is 6.17 Å². The zero-order chi connectivity index (χ0) is 37.5. The molecular weight excluding hydrogens is 699 g/mol. The molecule has 4 heterocycles. The van der Waals surface area contributed by atoms with Crippen molar-refractivity contribution in [2.45, 2.75) is 6.17 Å². The Morgan fingerprint density at radius 1 is 0.421 bits per heavy atom. The average molecular weight is 732 g/mol. The number of benzene rings is 8. The number of furan rings is 1. The second-order valence-electron chi connectivity index (χ2n) is 14.7. The lowest BCUT2D eigenvalue weighted by atomic mass is 10.0. The zero-order valence-corrected chi connectivity index (χ0v) is 30.7. The van der Waals surface area contributed by atoms with E-state index in [9.17, 15) is 0 Å². The largest absolute Gasteiger partial charge is 0.456 e. The van der Waals surface area contributed by atoms with E-state index in [1.807, 2.05) is 18.2 Å². The molecule has 57 heavy (non-hydrogen) atoms. The van der Waals surface area contributed by atoms with E-state index in [1.165, 1.54) is 16.3 Å². The summed E-state index contributed by atoms with van der Waals surface area (Å²) >= 11 is 0. The minimum atomic E-state index is -0.362. The number of nitrogens with one attached hydrogen (secondary N) is 1. The van der Waals surface area contributed by atoms with Crippen molar-refractivity contribution >= 4 is 77.3 Å². The van der Waals surface area contributed by atoms with Gasteiger partial charge in [-0.2, -0.15) is 4.99 Å². The maximum Gasteiger partial charge on any atom is 0.234 e. The summed E-state index contributed by atoms with van der Waals surface area (Å²) in [5, 5.41) is 10.7. The number of hydrogen-bond donors (Lipinski definition) is 1. The SMILES string of the molecule is c1ccc(C2N=C(n3c4ccccc4c4ccc(-c5ccc6c(c5)oc5ccccc56)cc43)N=C(c3ccc4c5ccccc5n(-c5ccccc5)c4c3)N2)cc1. The lowest BCUT2D eigenvalue weighted by molar-refractivity contribution is 0.668. The number of fused-ring (bicyclic) bond motifs is 9. The predicted molar refractivity (Wildman–Crippen MR) is 235 cm³/mol. The Hall–Kier alpha value is -7.70. The Kier molecular flexibility index (Phi) is 6.89. The Morgan fingerprint density at radius 3 is 1.70 bits per heavy atom. The molecule has 0 saturated heterocycles. The molecule has 0 bridgehead atoms. The summed E-state index contributed by atoms with van der Waals surface area (Å²) < 4.78 is 10.9. The molecule has 0 spiro atoms. The standard InChI is InChI=1S/C51H33N5O/c1-3-13-32(14-4-1)49-52-50(35-25-27-39-37-17-7-10-20-43(37)55(45(39)30-35)36-15-5-2-6-16-36)54-51(53-49)56-44-21-11-8-18-38(44)40-26-23-33(29-46(40)56)34-24-28-42-41-19-9-12-22-47(41)57-48(42)31-34/h1-31,49H,(H,52,53,54). The van der Waals surface area contributed by atoms with Crippen LogP contribution in [0, 0.1) is 0 Å². The van der Waals surface area contributed by atoms with Crippen LogP contribution in [0.25, 0.3) is 82.4 Å². The van der Waals surface area contributed by atoms with E-state index in [4.69, 9.17) is 14.4 Å². The lowest BCUT2D eigenvalue weighted by Crippen LogP contribution is -2.35. The molecule has 1 aliphatic heterocycles. The number of nitrogens with zero attached hydrogens (tertiary/aromatic N) is 4. The fourth-order valence-corrected chi connectivity index (χ4v) is 8.73. The highest BCUT2D eigenvalue weighted by Crippen LogP contribution is 2.37. The molecule has 11 aromatic rings. The predicted octanol–water partition coefficient (Wildman–Crippen LogP) is 12.4. The third-order valence-electron chi connectivity index (χ3n) is 11.4. The first-order chi connectivity index (χ1) is 28.2. The van der Waals surface area contributed by atoms with E-state index >= 15 is 0 Å². The van der Waals surface area contributed by atoms with Crippen LogP contribution in [-0.2, 0) is 0 Å². The molecule has 6 heteroatoms. The number of hydrogen-bond acceptors (Lipinski definition) is 4. The van der Waals surface area contributed by atoms with Gasteiger partial charge >= 0.3 is 0 Å². The molecule has 1 N–H and O–H groups in total. The smallest absolute Gasteiger partial charge is 0.234 e. The summed E-state index contributed by atoms with van der Waals surface area (Å²) in [4.78, 5) is 10.8. The van der Waals surface area contributed by atoms with Crippen LogP contribution >= 0.6 is 0 Å². The van der Waals surface area contributed by atoms with Crippen LogP contribution < -0.4 is 5.32 Å². The first kappa shape index (κ1) is 31.6. The van der Waals surface area contributed by atoms with E-state index in [2.05, 4.69) is 184 Å². The fourth-order valence-electron chi connectivity index (χ4n) is 8.73. The minimum Gasteiger partial charge on any atom is -0.456 e. The van der Waals surface area contributed by atoms with Crippen molar-refractivity contribution in [1.82, 2.24) is 14.5 Å². The normalized spacial score (nSPS) is 14.5. The van der Waals surface area contributed by atoms with Crippen molar-refractivity contribution in [1.29, 1.82) is 0 Å². The van der Waals surface area contributed by atoms with Gasteiger partial charge < -0.3 is 14.3 Å². The molecule has 0 amide bonds. The molecule has 0 saturated carbocycles. The first-order valence-corrected chi connectivity index (χ1v) is 19.3. The molecule has 3 aromatic heterocycles. The van der Waals surface area contributed by atoms with Gasteiger partial charge in [0.15, 0.2) is 0 Å². The van der Waals surface area contributed by atoms with Crippen LogP contribution in [-0.4, -0.2) is 20.9 Å². The summed E-state index contributed by atoms with van der Waals surface area (Å²) in [5.41, 5.74) is 11.5. The van der Waals surface area contributed by atoms with Crippen LogP contribution in [0.1, 0.15) is 17.3 Å². The maximum atomic E-state index is 6.30. The second kappa shape index (κ2) is 12.4. The van der Waals surface area contributed by atoms with Gasteiger partial charge in [0.2, 0.25) is 5.96 Å². The van der Waals surface area contributed by atoms with Crippen molar-refractivity contribution < 1.29 is 4.42 Å². The number of amidine groups is 1. The van der Waals surface area contributed by atoms with Gasteiger partial charge in [-0.25, -0.2) is 4.99 Å². The Labute approximate surface area is 327 Å². The van der Waals surface area contributed by atoms with Crippen molar-refractivity contribution in [3.8, 4) is 16.8 Å². The molecule has 8 aromatic carbocycles. The highest BCUT2D eigenvalue weighted by Gasteiger charge is 2.25. The lowest BCUT2D eigenvalue weighted by Gasteiger charge is -2.24. The van der Waals surface area contributed by atoms with E-state index in [0.717, 1.165) is 83.0 Å². The van der Waals surface area contributed by atoms with Gasteiger partial charge in [0.1, 0.15) is 23.2 Å². The molecular formula is C51H33N5O. The van der Waals surface area contributed by atoms with Crippen LogP contribution in [0.4, 0.5) is 0 Å². The number of rotatable bonds is 4. The first-order valence-electron chi connectivity index (χ1n) is 19.3. The molecule has 12 rings (SSSR count). The van der Waals surface area contributed by atoms with Crippen LogP contribution in [0.3, 0.4) is 0 Å². The minimum absolute atomic E-state index is 0.362. The Bertz CT molecular complexity index is 3440. The van der Waals surface area contributed by atoms with E-state index in [0.29, 0.717) is 5.96 Å². The molecule has 1 atom stereocenters. The number of aliphatic imine (C=N–C) groups is 2. The molecule has 0 aliphatic carbocycles.